The van der Waals surface area contributed by atoms with Crippen LogP contribution in [-0.2, 0) is 4.79 Å². The Bertz CT molecular complexity index is 208. The minimum atomic E-state index is -0.178. The fourth-order valence-electron chi connectivity index (χ4n) is 1.79. The van der Waals surface area contributed by atoms with Crippen molar-refractivity contribution in [1.82, 2.24) is 5.01 Å². The molecular weight excluding hydrogens is 216 g/mol. The van der Waals surface area contributed by atoms with E-state index in [1.54, 1.807) is 0 Å². The van der Waals surface area contributed by atoms with E-state index < -0.39 is 0 Å². The SMILES string of the molecule is CCCCCCCCCCCC(=O)N(C)N=O. The number of hydrogen-bond acceptors (Lipinski definition) is 3. The molecule has 0 aromatic rings. The molecule has 0 aliphatic heterocycles. The molecule has 0 aromatic heterocycles. The highest BCUT2D eigenvalue weighted by Gasteiger charge is 2.07. The van der Waals surface area contributed by atoms with Crippen molar-refractivity contribution in [3.63, 3.8) is 0 Å². The zero-order chi connectivity index (χ0) is 12.9. The van der Waals surface area contributed by atoms with Gasteiger partial charge in [0.2, 0.25) is 5.91 Å². The predicted octanol–water partition coefficient (Wildman–Crippen LogP) is 4.05. The molecule has 0 fully saturated rings. The van der Waals surface area contributed by atoms with Gasteiger partial charge < -0.3 is 0 Å². The highest BCUT2D eigenvalue weighted by atomic mass is 16.3. The third-order valence-corrected chi connectivity index (χ3v) is 2.98. The second-order valence-corrected chi connectivity index (χ2v) is 4.58. The number of carbonyl (C=O) groups excluding carboxylic acids is 1. The van der Waals surface area contributed by atoms with Crippen molar-refractivity contribution in [3.8, 4) is 0 Å². The van der Waals surface area contributed by atoms with Crippen molar-refractivity contribution in [2.24, 2.45) is 5.29 Å². The molecule has 0 unspecified atom stereocenters. The molecule has 0 bridgehead atoms. The molecule has 0 aromatic carbocycles. The summed E-state index contributed by atoms with van der Waals surface area (Å²) in [7, 11) is 1.41. The van der Waals surface area contributed by atoms with Gasteiger partial charge in [0, 0.05) is 13.5 Å². The molecule has 0 atom stereocenters. The Morgan fingerprint density at radius 2 is 1.41 bits per heavy atom. The molecular formula is C13H26N2O2. The zero-order valence-electron chi connectivity index (χ0n) is 11.3. The van der Waals surface area contributed by atoms with Crippen molar-refractivity contribution in [3.05, 3.63) is 4.91 Å². The van der Waals surface area contributed by atoms with Crippen molar-refractivity contribution in [1.29, 1.82) is 0 Å². The van der Waals surface area contributed by atoms with Gasteiger partial charge in [-0.05, 0) is 6.42 Å². The molecule has 4 nitrogen and oxygen atoms in total. The first-order valence-electron chi connectivity index (χ1n) is 6.82. The van der Waals surface area contributed by atoms with Gasteiger partial charge in [-0.2, -0.15) is 0 Å². The van der Waals surface area contributed by atoms with Crippen molar-refractivity contribution < 1.29 is 4.79 Å². The summed E-state index contributed by atoms with van der Waals surface area (Å²) in [4.78, 5) is 21.3. The summed E-state index contributed by atoms with van der Waals surface area (Å²) in [5.41, 5.74) is 0. The van der Waals surface area contributed by atoms with E-state index in [-0.39, 0.29) is 5.91 Å². The van der Waals surface area contributed by atoms with E-state index >= 15 is 0 Å². The van der Waals surface area contributed by atoms with Crippen LogP contribution < -0.4 is 0 Å². The second-order valence-electron chi connectivity index (χ2n) is 4.58. The van der Waals surface area contributed by atoms with E-state index in [0.717, 1.165) is 17.9 Å². The number of unbranched alkanes of at least 4 members (excludes halogenated alkanes) is 8. The highest BCUT2D eigenvalue weighted by molar-refractivity contribution is 5.75. The van der Waals surface area contributed by atoms with E-state index in [1.807, 2.05) is 0 Å². The molecule has 17 heavy (non-hydrogen) atoms. The lowest BCUT2D eigenvalue weighted by molar-refractivity contribution is -0.130. The molecule has 0 N–H and O–H groups in total. The first-order valence-corrected chi connectivity index (χ1v) is 6.82. The summed E-state index contributed by atoms with van der Waals surface area (Å²) in [5.74, 6) is -0.178. The lowest BCUT2D eigenvalue weighted by Crippen LogP contribution is -2.19. The van der Waals surface area contributed by atoms with Gasteiger partial charge in [-0.3, -0.25) is 4.79 Å². The standard InChI is InChI=1S/C13H26N2O2/c1-3-4-5-6-7-8-9-10-11-12-13(16)15(2)14-17/h3-12H2,1-2H3. The Balaban J connectivity index is 3.18. The third kappa shape index (κ3) is 9.97. The maximum atomic E-state index is 11.2. The topological polar surface area (TPSA) is 49.7 Å². The first kappa shape index (κ1) is 16.1. The Kier molecular flexibility index (Phi) is 10.9. The summed E-state index contributed by atoms with van der Waals surface area (Å²) in [6.07, 6.45) is 11.5. The third-order valence-electron chi connectivity index (χ3n) is 2.98. The van der Waals surface area contributed by atoms with Crippen molar-refractivity contribution in [2.45, 2.75) is 71.1 Å². The Hall–Kier alpha value is -0.930. The van der Waals surface area contributed by atoms with Gasteiger partial charge in [-0.1, -0.05) is 58.3 Å². The summed E-state index contributed by atoms with van der Waals surface area (Å²) < 4.78 is 0. The fourth-order valence-corrected chi connectivity index (χ4v) is 1.79. The van der Waals surface area contributed by atoms with Crippen molar-refractivity contribution >= 4 is 5.91 Å². The van der Waals surface area contributed by atoms with Gasteiger partial charge in [0.05, 0.1) is 5.29 Å². The van der Waals surface area contributed by atoms with Crippen LogP contribution >= 0.6 is 0 Å². The first-order chi connectivity index (χ1) is 8.22. The number of hydrogen-bond donors (Lipinski definition) is 0. The molecule has 0 radical (unpaired) electrons. The number of carbonyl (C=O) groups is 1. The van der Waals surface area contributed by atoms with Gasteiger partial charge in [-0.15, -0.1) is 4.91 Å². The monoisotopic (exact) mass is 242 g/mol. The van der Waals surface area contributed by atoms with Crippen LogP contribution in [0.5, 0.6) is 0 Å². The summed E-state index contributed by atoms with van der Waals surface area (Å²) in [6, 6.07) is 0. The van der Waals surface area contributed by atoms with Crippen LogP contribution in [0.1, 0.15) is 71.1 Å². The number of nitroso groups, excluding NO2 is 1. The van der Waals surface area contributed by atoms with Crippen LogP contribution in [0.25, 0.3) is 0 Å². The van der Waals surface area contributed by atoms with Gasteiger partial charge in [-0.25, -0.2) is 5.01 Å². The average Bonchev–Trinajstić information content (AvgIpc) is 2.35. The molecule has 0 saturated carbocycles. The molecule has 0 spiro atoms. The second kappa shape index (κ2) is 11.6. The van der Waals surface area contributed by atoms with Crippen LogP contribution in [0.15, 0.2) is 5.29 Å². The molecule has 0 heterocycles. The quantitative estimate of drug-likeness (QED) is 0.312. The minimum Gasteiger partial charge on any atom is -0.273 e. The smallest absolute Gasteiger partial charge is 0.244 e. The van der Waals surface area contributed by atoms with Gasteiger partial charge in [0.25, 0.3) is 0 Å². The highest BCUT2D eigenvalue weighted by Crippen LogP contribution is 2.10. The molecule has 0 rings (SSSR count). The fraction of sp³-hybridized carbons (Fsp3) is 0.923. The van der Waals surface area contributed by atoms with Crippen LogP contribution in [0.2, 0.25) is 0 Å². The Morgan fingerprint density at radius 1 is 0.941 bits per heavy atom. The van der Waals surface area contributed by atoms with Crippen LogP contribution in [0, 0.1) is 4.91 Å². The number of amides is 1. The lowest BCUT2D eigenvalue weighted by Gasteiger charge is -2.06. The van der Waals surface area contributed by atoms with E-state index in [0.29, 0.717) is 6.42 Å². The van der Waals surface area contributed by atoms with Gasteiger partial charge in [0.1, 0.15) is 0 Å². The van der Waals surface area contributed by atoms with E-state index in [1.165, 1.54) is 52.0 Å². The normalized spacial score (nSPS) is 10.2. The van der Waals surface area contributed by atoms with E-state index in [4.69, 9.17) is 0 Å². The van der Waals surface area contributed by atoms with Crippen LogP contribution in [-0.4, -0.2) is 18.0 Å². The largest absolute Gasteiger partial charge is 0.273 e. The van der Waals surface area contributed by atoms with E-state index in [2.05, 4.69) is 12.2 Å². The molecule has 100 valence electrons. The zero-order valence-corrected chi connectivity index (χ0v) is 11.3. The molecule has 0 saturated heterocycles. The molecule has 4 heteroatoms. The average molecular weight is 242 g/mol. The van der Waals surface area contributed by atoms with Gasteiger partial charge >= 0.3 is 0 Å². The summed E-state index contributed by atoms with van der Waals surface area (Å²) in [6.45, 7) is 2.22. The molecule has 0 aliphatic carbocycles. The van der Waals surface area contributed by atoms with Crippen molar-refractivity contribution in [2.75, 3.05) is 7.05 Å². The Morgan fingerprint density at radius 3 is 1.88 bits per heavy atom. The number of rotatable bonds is 11. The number of nitrogens with zero attached hydrogens (tertiary/aromatic N) is 2. The van der Waals surface area contributed by atoms with Crippen LogP contribution in [0.3, 0.4) is 0 Å². The van der Waals surface area contributed by atoms with Crippen LogP contribution in [0.4, 0.5) is 0 Å². The predicted molar refractivity (Wildman–Crippen MR) is 70.4 cm³/mol. The maximum absolute atomic E-state index is 11.2. The van der Waals surface area contributed by atoms with E-state index in [9.17, 15) is 9.70 Å². The van der Waals surface area contributed by atoms with Gasteiger partial charge in [0.15, 0.2) is 0 Å². The minimum absolute atomic E-state index is 0.178. The maximum Gasteiger partial charge on any atom is 0.244 e. The lowest BCUT2D eigenvalue weighted by atomic mass is 10.1. The Labute approximate surface area is 105 Å². The summed E-state index contributed by atoms with van der Waals surface area (Å²) >= 11 is 0. The molecule has 0 aliphatic rings. The molecule has 1 amide bonds. The summed E-state index contributed by atoms with van der Waals surface area (Å²) in [5, 5.41) is 3.46.